The van der Waals surface area contributed by atoms with E-state index in [2.05, 4.69) is 167 Å². The smallest absolute Gasteiger partial charge is 0.306 e. The molecular formula is C69H112O5. The highest BCUT2D eigenvalue weighted by molar-refractivity contribution is 5.70. The average Bonchev–Trinajstić information content (AvgIpc) is 3.40. The number of carbonyl (C=O) groups excluding carboxylic acids is 2. The normalized spacial score (nSPS) is 13.3. The lowest BCUT2D eigenvalue weighted by atomic mass is 10.1. The number of hydrogen-bond donors (Lipinski definition) is 0. The van der Waals surface area contributed by atoms with E-state index in [9.17, 15) is 9.59 Å². The molecule has 418 valence electrons. The van der Waals surface area contributed by atoms with Crippen LogP contribution >= 0.6 is 0 Å². The van der Waals surface area contributed by atoms with Gasteiger partial charge in [0.05, 0.1) is 6.61 Å². The minimum atomic E-state index is -0.588. The second kappa shape index (κ2) is 63.1. The molecule has 0 aliphatic carbocycles. The van der Waals surface area contributed by atoms with Gasteiger partial charge in [0.2, 0.25) is 0 Å². The topological polar surface area (TPSA) is 61.8 Å². The van der Waals surface area contributed by atoms with Gasteiger partial charge in [0, 0.05) is 19.4 Å². The van der Waals surface area contributed by atoms with Gasteiger partial charge in [-0.15, -0.1) is 0 Å². The zero-order chi connectivity index (χ0) is 53.4. The van der Waals surface area contributed by atoms with E-state index in [0.717, 1.165) is 128 Å². The van der Waals surface area contributed by atoms with E-state index in [0.29, 0.717) is 19.4 Å². The molecule has 0 heterocycles. The molecule has 0 fully saturated rings. The van der Waals surface area contributed by atoms with Gasteiger partial charge in [-0.3, -0.25) is 9.59 Å². The number of allylic oxidation sites excluding steroid dienone is 24. The molecule has 0 bridgehead atoms. The Morgan fingerprint density at radius 3 is 0.973 bits per heavy atom. The first-order valence-corrected chi connectivity index (χ1v) is 30.4. The zero-order valence-electron chi connectivity index (χ0n) is 48.1. The first-order valence-electron chi connectivity index (χ1n) is 30.4. The van der Waals surface area contributed by atoms with E-state index in [1.54, 1.807) is 0 Å². The van der Waals surface area contributed by atoms with E-state index in [1.807, 2.05) is 0 Å². The maximum atomic E-state index is 12.9. The molecule has 1 atom stereocenters. The van der Waals surface area contributed by atoms with Gasteiger partial charge >= 0.3 is 11.9 Å². The maximum absolute atomic E-state index is 12.9. The molecule has 74 heavy (non-hydrogen) atoms. The molecule has 0 aliphatic heterocycles. The maximum Gasteiger partial charge on any atom is 0.306 e. The Bertz CT molecular complexity index is 1580. The number of ether oxygens (including phenoxy) is 3. The van der Waals surface area contributed by atoms with E-state index in [1.165, 1.54) is 89.9 Å². The summed E-state index contributed by atoms with van der Waals surface area (Å²) in [5, 5.41) is 0. The van der Waals surface area contributed by atoms with Crippen LogP contribution in [0.3, 0.4) is 0 Å². The van der Waals surface area contributed by atoms with Crippen LogP contribution in [-0.4, -0.2) is 37.9 Å². The minimum absolute atomic E-state index is 0.0435. The summed E-state index contributed by atoms with van der Waals surface area (Å²) < 4.78 is 17.4. The monoisotopic (exact) mass is 1020 g/mol. The average molecular weight is 1020 g/mol. The van der Waals surface area contributed by atoms with E-state index < -0.39 is 6.10 Å². The van der Waals surface area contributed by atoms with Crippen molar-refractivity contribution in [1.82, 2.24) is 0 Å². The van der Waals surface area contributed by atoms with Gasteiger partial charge in [0.25, 0.3) is 0 Å². The molecule has 0 saturated heterocycles. The van der Waals surface area contributed by atoms with Crippen LogP contribution in [0.2, 0.25) is 0 Å². The molecule has 1 unspecified atom stereocenters. The third-order valence-corrected chi connectivity index (χ3v) is 12.3. The van der Waals surface area contributed by atoms with Crippen LogP contribution in [0.25, 0.3) is 0 Å². The second-order valence-corrected chi connectivity index (χ2v) is 19.5. The number of esters is 2. The third-order valence-electron chi connectivity index (χ3n) is 12.3. The summed E-state index contributed by atoms with van der Waals surface area (Å²) >= 11 is 0. The third kappa shape index (κ3) is 60.3. The molecule has 0 rings (SSSR count). The van der Waals surface area contributed by atoms with Crippen molar-refractivity contribution in [2.75, 3.05) is 19.8 Å². The van der Waals surface area contributed by atoms with E-state index >= 15 is 0 Å². The molecule has 0 aromatic rings. The predicted molar refractivity (Wildman–Crippen MR) is 325 cm³/mol. The highest BCUT2D eigenvalue weighted by Crippen LogP contribution is 2.14. The van der Waals surface area contributed by atoms with Crippen molar-refractivity contribution >= 4 is 11.9 Å². The summed E-state index contributed by atoms with van der Waals surface area (Å²) in [5.74, 6) is -0.456. The predicted octanol–water partition coefficient (Wildman–Crippen LogP) is 21.2. The lowest BCUT2D eigenvalue weighted by Crippen LogP contribution is -2.30. The Labute approximate surface area is 457 Å². The first-order chi connectivity index (χ1) is 36.6. The molecule has 0 spiro atoms. The first kappa shape index (κ1) is 69.8. The summed E-state index contributed by atoms with van der Waals surface area (Å²) in [6.07, 6.45) is 91.7. The number of unbranched alkanes of at least 4 members (excludes halogenated alkanes) is 19. The fourth-order valence-electron chi connectivity index (χ4n) is 7.90. The van der Waals surface area contributed by atoms with Gasteiger partial charge in [-0.1, -0.05) is 250 Å². The van der Waals surface area contributed by atoms with E-state index in [4.69, 9.17) is 14.2 Å². The number of rotatable bonds is 54. The molecule has 0 aromatic carbocycles. The van der Waals surface area contributed by atoms with Crippen LogP contribution in [-0.2, 0) is 23.8 Å². The largest absolute Gasteiger partial charge is 0.462 e. The van der Waals surface area contributed by atoms with Crippen molar-refractivity contribution in [3.05, 3.63) is 146 Å². The summed E-state index contributed by atoms with van der Waals surface area (Å²) in [4.78, 5) is 25.6. The molecule has 5 nitrogen and oxygen atoms in total. The molecule has 0 amide bonds. The molecular weight excluding hydrogens is 909 g/mol. The van der Waals surface area contributed by atoms with Gasteiger partial charge in [0.1, 0.15) is 6.61 Å². The lowest BCUT2D eigenvalue weighted by molar-refractivity contribution is -0.163. The Hall–Kier alpha value is -4.22. The summed E-state index contributed by atoms with van der Waals surface area (Å²) in [5.41, 5.74) is 0. The van der Waals surface area contributed by atoms with Crippen LogP contribution in [0.4, 0.5) is 0 Å². The molecule has 0 radical (unpaired) electrons. The van der Waals surface area contributed by atoms with Crippen LogP contribution in [0, 0.1) is 0 Å². The highest BCUT2D eigenvalue weighted by atomic mass is 16.6. The van der Waals surface area contributed by atoms with Crippen LogP contribution < -0.4 is 0 Å². The van der Waals surface area contributed by atoms with Crippen LogP contribution in [0.15, 0.2) is 146 Å². The van der Waals surface area contributed by atoms with Crippen molar-refractivity contribution in [3.8, 4) is 0 Å². The van der Waals surface area contributed by atoms with Crippen molar-refractivity contribution in [3.63, 3.8) is 0 Å². The second-order valence-electron chi connectivity index (χ2n) is 19.5. The van der Waals surface area contributed by atoms with Crippen molar-refractivity contribution in [2.24, 2.45) is 0 Å². The van der Waals surface area contributed by atoms with Crippen molar-refractivity contribution in [1.29, 1.82) is 0 Å². The standard InChI is InChI=1S/C69H112O5/c1-4-7-10-13-16-19-22-25-28-31-34-37-40-43-46-49-52-55-58-61-64-72-65-67(74-69(71)63-60-57-54-51-48-45-42-39-36-33-30-27-24-21-18-15-12-9-6-3)66-73-68(70)62-59-56-53-50-47-44-41-38-35-32-29-26-23-20-17-14-11-8-5-2/h7-8,10-11,16-21,25-30,34-35,37-38,43,46,52,55,67H,4-6,9,12-15,22-24,31-33,36,39-42,44-45,47-51,53-54,56-66H2,1-3H3/b10-7-,11-8-,19-16-,20-17-,21-18-,28-25-,29-26-,30-27-,37-34-,38-35-,46-43-,55-52-. The summed E-state index contributed by atoms with van der Waals surface area (Å²) in [6.45, 7) is 7.41. The molecule has 0 saturated carbocycles. The van der Waals surface area contributed by atoms with Gasteiger partial charge in [0.15, 0.2) is 6.10 Å². The Morgan fingerprint density at radius 1 is 0.311 bits per heavy atom. The Balaban J connectivity index is 4.45. The zero-order valence-corrected chi connectivity index (χ0v) is 48.1. The molecule has 5 heteroatoms. The van der Waals surface area contributed by atoms with Gasteiger partial charge in [-0.05, 0) is 135 Å². The van der Waals surface area contributed by atoms with Gasteiger partial charge in [-0.25, -0.2) is 0 Å². The number of carbonyl (C=O) groups is 2. The van der Waals surface area contributed by atoms with Crippen molar-refractivity contribution < 1.29 is 23.8 Å². The van der Waals surface area contributed by atoms with Crippen LogP contribution in [0.5, 0.6) is 0 Å². The van der Waals surface area contributed by atoms with E-state index in [-0.39, 0.29) is 25.2 Å². The fraction of sp³-hybridized carbons (Fsp3) is 0.623. The Kier molecular flexibility index (Phi) is 59.5. The van der Waals surface area contributed by atoms with Crippen LogP contribution in [0.1, 0.15) is 252 Å². The molecule has 0 N–H and O–H groups in total. The van der Waals surface area contributed by atoms with Gasteiger partial charge in [-0.2, -0.15) is 0 Å². The summed E-state index contributed by atoms with van der Waals surface area (Å²) in [6, 6.07) is 0. The minimum Gasteiger partial charge on any atom is -0.462 e. The quantitative estimate of drug-likeness (QED) is 0.0345. The van der Waals surface area contributed by atoms with Gasteiger partial charge < -0.3 is 14.2 Å². The summed E-state index contributed by atoms with van der Waals surface area (Å²) in [7, 11) is 0. The number of hydrogen-bond acceptors (Lipinski definition) is 5. The molecule has 0 aliphatic rings. The Morgan fingerprint density at radius 2 is 0.608 bits per heavy atom. The highest BCUT2D eigenvalue weighted by Gasteiger charge is 2.17. The lowest BCUT2D eigenvalue weighted by Gasteiger charge is -2.18. The SMILES string of the molecule is CC/C=C\C/C=C\C/C=C\C/C=C\C/C=C\C/C=C\CCCOCC(COC(=O)CCCCCCCC/C=C\C/C=C\C/C=C\C/C=C\CC)OC(=O)CCCCCCCCCCC/C=C\C/C=C\CCCCC. The van der Waals surface area contributed by atoms with Crippen molar-refractivity contribution in [2.45, 2.75) is 258 Å². The fourth-order valence-corrected chi connectivity index (χ4v) is 7.90. The molecule has 0 aromatic heterocycles.